The van der Waals surface area contributed by atoms with Crippen molar-refractivity contribution in [2.24, 2.45) is 11.8 Å². The van der Waals surface area contributed by atoms with Crippen LogP contribution in [0.3, 0.4) is 0 Å². The van der Waals surface area contributed by atoms with E-state index in [1.807, 2.05) is 0 Å². The fraction of sp³-hybridized carbons (Fsp3) is 0.500. The lowest BCUT2D eigenvalue weighted by atomic mass is 9.96. The topological polar surface area (TPSA) is 118 Å². The van der Waals surface area contributed by atoms with Gasteiger partial charge in [0.1, 0.15) is 0 Å². The Kier molecular flexibility index (Phi) is 5.03. The molecule has 8 nitrogen and oxygen atoms in total. The molecule has 26 heavy (non-hydrogen) atoms. The number of nitro benzene ring substituents is 1. The molecule has 1 aliphatic rings. The molecular formula is C14H15F3N2O6S. The van der Waals surface area contributed by atoms with Crippen LogP contribution in [-0.2, 0) is 14.8 Å². The molecule has 0 radical (unpaired) electrons. The van der Waals surface area contributed by atoms with Crippen LogP contribution in [-0.4, -0.2) is 48.0 Å². The van der Waals surface area contributed by atoms with Gasteiger partial charge in [0.25, 0.3) is 5.69 Å². The number of nitrogens with zero attached hydrogens (tertiary/aromatic N) is 2. The van der Waals surface area contributed by atoms with Crippen LogP contribution in [0.5, 0.6) is 0 Å². The van der Waals surface area contributed by atoms with Crippen LogP contribution >= 0.6 is 0 Å². The van der Waals surface area contributed by atoms with Crippen molar-refractivity contribution in [1.82, 2.24) is 4.31 Å². The first-order valence-corrected chi connectivity index (χ1v) is 8.76. The van der Waals surface area contributed by atoms with Gasteiger partial charge in [0.2, 0.25) is 10.0 Å². The van der Waals surface area contributed by atoms with Crippen molar-refractivity contribution in [2.45, 2.75) is 24.9 Å². The Bertz CT molecular complexity index is 868. The molecule has 0 spiro atoms. The number of aliphatic carboxylic acids is 1. The van der Waals surface area contributed by atoms with Gasteiger partial charge in [0.05, 0.1) is 16.8 Å². The highest BCUT2D eigenvalue weighted by Gasteiger charge is 2.55. The third-order valence-electron chi connectivity index (χ3n) is 4.47. The van der Waals surface area contributed by atoms with Gasteiger partial charge in [0, 0.05) is 19.2 Å². The monoisotopic (exact) mass is 396 g/mol. The molecule has 0 aromatic heterocycles. The third-order valence-corrected chi connectivity index (χ3v) is 6.48. The number of carboxylic acid groups (broad SMARTS) is 1. The molecule has 2 rings (SSSR count). The number of aryl methyl sites for hydroxylation is 1. The Hall–Kier alpha value is -2.21. The average Bonchev–Trinajstić information content (AvgIpc) is 2.95. The summed E-state index contributed by atoms with van der Waals surface area (Å²) in [7, 11) is -4.70. The van der Waals surface area contributed by atoms with E-state index in [1.54, 1.807) is 0 Å². The molecule has 12 heteroatoms. The van der Waals surface area contributed by atoms with Gasteiger partial charge in [-0.1, -0.05) is 6.07 Å². The van der Waals surface area contributed by atoms with E-state index in [2.05, 4.69) is 0 Å². The van der Waals surface area contributed by atoms with Gasteiger partial charge in [0.15, 0.2) is 4.90 Å². The summed E-state index contributed by atoms with van der Waals surface area (Å²) in [5.41, 5.74) is -0.340. The number of halogens is 3. The number of sulfonamides is 1. The smallest absolute Gasteiger partial charge is 0.393 e. The Morgan fingerprint density at radius 1 is 1.31 bits per heavy atom. The fourth-order valence-electron chi connectivity index (χ4n) is 2.92. The summed E-state index contributed by atoms with van der Waals surface area (Å²) in [5, 5.41) is 20.2. The van der Waals surface area contributed by atoms with Crippen molar-refractivity contribution in [1.29, 1.82) is 0 Å². The number of hydrogen-bond acceptors (Lipinski definition) is 5. The van der Waals surface area contributed by atoms with Crippen molar-refractivity contribution in [3.8, 4) is 0 Å². The lowest BCUT2D eigenvalue weighted by molar-refractivity contribution is -0.388. The number of hydrogen-bond donors (Lipinski definition) is 1. The highest BCUT2D eigenvalue weighted by atomic mass is 32.2. The molecule has 0 aliphatic carbocycles. The predicted octanol–water partition coefficient (Wildman–Crippen LogP) is 2.10. The van der Waals surface area contributed by atoms with Gasteiger partial charge in [-0.25, -0.2) is 8.42 Å². The molecule has 1 aromatic rings. The Labute approximate surface area is 146 Å². The van der Waals surface area contributed by atoms with E-state index in [0.29, 0.717) is 9.87 Å². The summed E-state index contributed by atoms with van der Waals surface area (Å²) in [5.74, 6) is -6.15. The maximum absolute atomic E-state index is 13.1. The summed E-state index contributed by atoms with van der Waals surface area (Å²) in [4.78, 5) is 20.7. The summed E-state index contributed by atoms with van der Waals surface area (Å²) in [6, 6.07) is 2.29. The molecule has 0 bridgehead atoms. The van der Waals surface area contributed by atoms with E-state index in [0.717, 1.165) is 6.07 Å². The molecular weight excluding hydrogens is 381 g/mol. The molecule has 2 atom stereocenters. The minimum Gasteiger partial charge on any atom is -0.481 e. The van der Waals surface area contributed by atoms with Gasteiger partial charge in [-0.15, -0.1) is 0 Å². The van der Waals surface area contributed by atoms with E-state index in [-0.39, 0.29) is 5.56 Å². The van der Waals surface area contributed by atoms with Gasteiger partial charge < -0.3 is 5.11 Å². The molecule has 1 heterocycles. The minimum absolute atomic E-state index is 0.0292. The largest absolute Gasteiger partial charge is 0.481 e. The maximum atomic E-state index is 13.1. The molecule has 1 N–H and O–H groups in total. The van der Waals surface area contributed by atoms with Crippen LogP contribution in [0.15, 0.2) is 17.0 Å². The van der Waals surface area contributed by atoms with Crippen LogP contribution < -0.4 is 0 Å². The number of rotatable bonds is 4. The molecule has 0 amide bonds. The molecule has 144 valence electrons. The fourth-order valence-corrected chi connectivity index (χ4v) is 4.85. The Morgan fingerprint density at radius 2 is 1.88 bits per heavy atom. The zero-order valence-corrected chi connectivity index (χ0v) is 14.5. The number of carbonyl (C=O) groups is 1. The Balaban J connectivity index is 2.58. The van der Waals surface area contributed by atoms with Crippen molar-refractivity contribution in [2.75, 3.05) is 13.1 Å². The van der Waals surface area contributed by atoms with Crippen LogP contribution in [0.2, 0.25) is 0 Å². The normalized spacial score (nSPS) is 21.7. The van der Waals surface area contributed by atoms with Gasteiger partial charge >= 0.3 is 12.1 Å². The quantitative estimate of drug-likeness (QED) is 0.615. The van der Waals surface area contributed by atoms with Crippen molar-refractivity contribution in [3.63, 3.8) is 0 Å². The van der Waals surface area contributed by atoms with E-state index in [9.17, 15) is 36.5 Å². The molecule has 0 unspecified atom stereocenters. The van der Waals surface area contributed by atoms with Crippen molar-refractivity contribution < 1.29 is 36.4 Å². The number of alkyl halides is 3. The van der Waals surface area contributed by atoms with Crippen molar-refractivity contribution in [3.05, 3.63) is 33.4 Å². The molecule has 1 fully saturated rings. The lowest BCUT2D eigenvalue weighted by Gasteiger charge is -2.19. The van der Waals surface area contributed by atoms with Gasteiger partial charge in [-0.3, -0.25) is 14.9 Å². The first-order valence-electron chi connectivity index (χ1n) is 7.32. The number of benzene rings is 1. The van der Waals surface area contributed by atoms with Crippen molar-refractivity contribution >= 4 is 21.7 Å². The average molecular weight is 396 g/mol. The minimum atomic E-state index is -4.92. The SMILES string of the molecule is Cc1ccc([N+](=O)[O-])c(S(=O)(=O)N2C[C@@H](C(F)(F)F)[C@H](C(=O)O)C2)c1C. The van der Waals surface area contributed by atoms with Crippen LogP contribution in [0.1, 0.15) is 11.1 Å². The summed E-state index contributed by atoms with van der Waals surface area (Å²) < 4.78 is 65.3. The van der Waals surface area contributed by atoms with E-state index in [4.69, 9.17) is 5.11 Å². The number of nitro groups is 1. The molecule has 1 aromatic carbocycles. The standard InChI is InChI=1S/C14H15F3N2O6S/c1-7-3-4-11(19(22)23)12(8(7)2)26(24,25)18-5-9(13(20)21)10(6-18)14(15,16)17/h3-4,9-10H,5-6H2,1-2H3,(H,20,21)/t9-,10-/m1/s1. The van der Waals surface area contributed by atoms with Crippen LogP contribution in [0, 0.1) is 35.8 Å². The maximum Gasteiger partial charge on any atom is 0.393 e. The molecule has 1 saturated heterocycles. The predicted molar refractivity (Wildman–Crippen MR) is 82.0 cm³/mol. The zero-order chi connectivity index (χ0) is 20.0. The van der Waals surface area contributed by atoms with Crippen LogP contribution in [0.4, 0.5) is 18.9 Å². The first-order chi connectivity index (χ1) is 11.8. The number of carboxylic acids is 1. The van der Waals surface area contributed by atoms with E-state index < -0.39 is 62.6 Å². The van der Waals surface area contributed by atoms with Gasteiger partial charge in [-0.2, -0.15) is 17.5 Å². The summed E-state index contributed by atoms with van der Waals surface area (Å²) in [6.45, 7) is 0.793. The third kappa shape index (κ3) is 3.38. The van der Waals surface area contributed by atoms with E-state index >= 15 is 0 Å². The zero-order valence-electron chi connectivity index (χ0n) is 13.6. The van der Waals surface area contributed by atoms with Gasteiger partial charge in [-0.05, 0) is 25.0 Å². The second kappa shape index (κ2) is 6.50. The highest BCUT2D eigenvalue weighted by Crippen LogP contribution is 2.41. The Morgan fingerprint density at radius 3 is 2.31 bits per heavy atom. The highest BCUT2D eigenvalue weighted by molar-refractivity contribution is 7.89. The lowest BCUT2D eigenvalue weighted by Crippen LogP contribution is -2.34. The molecule has 0 saturated carbocycles. The van der Waals surface area contributed by atoms with Crippen LogP contribution in [0.25, 0.3) is 0 Å². The van der Waals surface area contributed by atoms with E-state index in [1.165, 1.54) is 19.9 Å². The summed E-state index contributed by atoms with van der Waals surface area (Å²) >= 11 is 0. The second-order valence-electron chi connectivity index (χ2n) is 6.03. The second-order valence-corrected chi connectivity index (χ2v) is 7.90. The molecule has 1 aliphatic heterocycles. The summed E-state index contributed by atoms with van der Waals surface area (Å²) in [6.07, 6.45) is -4.92. The first kappa shape index (κ1) is 20.1.